The first-order valence-electron chi connectivity index (χ1n) is 5.50. The fourth-order valence-electron chi connectivity index (χ4n) is 1.36. The monoisotopic (exact) mass is 224 g/mol. The van der Waals surface area contributed by atoms with Gasteiger partial charge in [0.1, 0.15) is 0 Å². The first kappa shape index (κ1) is 12.6. The Morgan fingerprint density at radius 3 is 2.94 bits per heavy atom. The van der Waals surface area contributed by atoms with Gasteiger partial charge in [0, 0.05) is 12.7 Å². The van der Waals surface area contributed by atoms with Crippen LogP contribution in [0.1, 0.15) is 37.0 Å². The molecule has 0 unspecified atom stereocenters. The minimum absolute atomic E-state index is 0.00652. The molecular weight excluding hydrogens is 207 g/mol. The van der Waals surface area contributed by atoms with E-state index in [-0.39, 0.29) is 5.56 Å². The van der Waals surface area contributed by atoms with Gasteiger partial charge in [0.15, 0.2) is 0 Å². The van der Waals surface area contributed by atoms with Crippen LogP contribution in [0.3, 0.4) is 0 Å². The van der Waals surface area contributed by atoms with Gasteiger partial charge in [-0.1, -0.05) is 13.8 Å². The number of rotatable bonds is 5. The Labute approximate surface area is 95.1 Å². The number of nitrogens with zero attached hydrogens (tertiary/aromatic N) is 1. The van der Waals surface area contributed by atoms with Gasteiger partial charge in [-0.05, 0) is 30.9 Å². The van der Waals surface area contributed by atoms with Crippen LogP contribution in [0.25, 0.3) is 0 Å². The Kier molecular flexibility index (Phi) is 4.89. The van der Waals surface area contributed by atoms with Crippen LogP contribution in [0, 0.1) is 11.9 Å². The fourth-order valence-corrected chi connectivity index (χ4v) is 1.36. The molecule has 0 aromatic carbocycles. The van der Waals surface area contributed by atoms with E-state index in [2.05, 4.69) is 24.1 Å². The molecule has 1 amide bonds. The Balaban J connectivity index is 2.39. The molecule has 1 aromatic heterocycles. The second-order valence-electron chi connectivity index (χ2n) is 4.13. The highest BCUT2D eigenvalue weighted by molar-refractivity contribution is 5.94. The van der Waals surface area contributed by atoms with Crippen LogP contribution >= 0.6 is 0 Å². The number of pyridine rings is 1. The zero-order valence-electron chi connectivity index (χ0n) is 9.66. The summed E-state index contributed by atoms with van der Waals surface area (Å²) in [6.45, 7) is 4.83. The number of nitrogens with one attached hydrogen (secondary N) is 1. The van der Waals surface area contributed by atoms with Crippen molar-refractivity contribution < 1.29 is 9.18 Å². The normalized spacial score (nSPS) is 10.5. The average molecular weight is 224 g/mol. The molecule has 0 spiro atoms. The second kappa shape index (κ2) is 6.20. The minimum atomic E-state index is -0.719. The van der Waals surface area contributed by atoms with Crippen LogP contribution in [-0.4, -0.2) is 17.4 Å². The summed E-state index contributed by atoms with van der Waals surface area (Å²) < 4.78 is 13.1. The third kappa shape index (κ3) is 3.96. The zero-order chi connectivity index (χ0) is 12.0. The van der Waals surface area contributed by atoms with Crippen molar-refractivity contribution in [2.24, 2.45) is 5.92 Å². The van der Waals surface area contributed by atoms with Crippen molar-refractivity contribution >= 4 is 5.91 Å². The van der Waals surface area contributed by atoms with E-state index >= 15 is 0 Å². The molecule has 0 radical (unpaired) electrons. The zero-order valence-corrected chi connectivity index (χ0v) is 9.66. The molecule has 4 heteroatoms. The SMILES string of the molecule is CC(C)CCCNC(=O)c1cccnc1F. The van der Waals surface area contributed by atoms with Gasteiger partial charge in [0.05, 0.1) is 5.56 Å². The maximum Gasteiger partial charge on any atom is 0.255 e. The molecule has 1 aromatic rings. The standard InChI is InChI=1S/C12H17FN2O/c1-9(2)5-3-8-15-12(16)10-6-4-7-14-11(10)13/h4,6-7,9H,3,5,8H2,1-2H3,(H,15,16). The number of aromatic nitrogens is 1. The highest BCUT2D eigenvalue weighted by Gasteiger charge is 2.10. The summed E-state index contributed by atoms with van der Waals surface area (Å²) in [7, 11) is 0. The Hall–Kier alpha value is -1.45. The number of amides is 1. The van der Waals surface area contributed by atoms with Crippen molar-refractivity contribution in [1.82, 2.24) is 10.3 Å². The molecule has 0 aliphatic carbocycles. The first-order valence-corrected chi connectivity index (χ1v) is 5.50. The lowest BCUT2D eigenvalue weighted by atomic mass is 10.1. The quantitative estimate of drug-likeness (QED) is 0.616. The third-order valence-corrected chi connectivity index (χ3v) is 2.25. The largest absolute Gasteiger partial charge is 0.352 e. The van der Waals surface area contributed by atoms with Gasteiger partial charge in [-0.25, -0.2) is 4.98 Å². The van der Waals surface area contributed by atoms with Crippen LogP contribution < -0.4 is 5.32 Å². The van der Waals surface area contributed by atoms with Crippen LogP contribution in [0.4, 0.5) is 4.39 Å². The van der Waals surface area contributed by atoms with Gasteiger partial charge in [0.25, 0.3) is 5.91 Å². The number of hydrogen-bond acceptors (Lipinski definition) is 2. The van der Waals surface area contributed by atoms with Crippen molar-refractivity contribution in [3.63, 3.8) is 0 Å². The molecule has 0 atom stereocenters. The molecule has 1 N–H and O–H groups in total. The summed E-state index contributed by atoms with van der Waals surface area (Å²) in [4.78, 5) is 14.9. The van der Waals surface area contributed by atoms with Crippen molar-refractivity contribution in [3.05, 3.63) is 29.8 Å². The highest BCUT2D eigenvalue weighted by atomic mass is 19.1. The summed E-state index contributed by atoms with van der Waals surface area (Å²) in [6, 6.07) is 2.98. The van der Waals surface area contributed by atoms with E-state index in [1.165, 1.54) is 12.3 Å². The maximum atomic E-state index is 13.1. The van der Waals surface area contributed by atoms with E-state index in [0.29, 0.717) is 12.5 Å². The molecule has 1 rings (SSSR count). The fraction of sp³-hybridized carbons (Fsp3) is 0.500. The first-order chi connectivity index (χ1) is 7.61. The van der Waals surface area contributed by atoms with E-state index in [9.17, 15) is 9.18 Å². The summed E-state index contributed by atoms with van der Waals surface area (Å²) >= 11 is 0. The number of hydrogen-bond donors (Lipinski definition) is 1. The van der Waals surface area contributed by atoms with Crippen molar-refractivity contribution in [3.8, 4) is 0 Å². The smallest absolute Gasteiger partial charge is 0.255 e. The Morgan fingerprint density at radius 2 is 2.31 bits per heavy atom. The van der Waals surface area contributed by atoms with E-state index in [1.54, 1.807) is 6.07 Å². The van der Waals surface area contributed by atoms with Crippen LogP contribution in [0.15, 0.2) is 18.3 Å². The summed E-state index contributed by atoms with van der Waals surface area (Å²) in [6.07, 6.45) is 3.28. The number of carbonyl (C=O) groups excluding carboxylic acids is 1. The molecule has 0 aliphatic heterocycles. The predicted molar refractivity (Wildman–Crippen MR) is 60.6 cm³/mol. The summed E-state index contributed by atoms with van der Waals surface area (Å²) in [5, 5.41) is 2.68. The van der Waals surface area contributed by atoms with Crippen molar-refractivity contribution in [1.29, 1.82) is 0 Å². The predicted octanol–water partition coefficient (Wildman–Crippen LogP) is 2.39. The molecule has 1 heterocycles. The minimum Gasteiger partial charge on any atom is -0.352 e. The maximum absolute atomic E-state index is 13.1. The van der Waals surface area contributed by atoms with Gasteiger partial charge in [-0.3, -0.25) is 4.79 Å². The van der Waals surface area contributed by atoms with Gasteiger partial charge >= 0.3 is 0 Å². The molecular formula is C12H17FN2O. The third-order valence-electron chi connectivity index (χ3n) is 2.25. The molecule has 0 saturated carbocycles. The molecule has 3 nitrogen and oxygen atoms in total. The van der Waals surface area contributed by atoms with Gasteiger partial charge < -0.3 is 5.32 Å². The number of carbonyl (C=O) groups is 1. The second-order valence-corrected chi connectivity index (χ2v) is 4.13. The van der Waals surface area contributed by atoms with E-state index in [0.717, 1.165) is 12.8 Å². The van der Waals surface area contributed by atoms with Gasteiger partial charge in [-0.2, -0.15) is 4.39 Å². The topological polar surface area (TPSA) is 42.0 Å². The summed E-state index contributed by atoms with van der Waals surface area (Å²) in [5.74, 6) is -0.495. The lowest BCUT2D eigenvalue weighted by molar-refractivity contribution is 0.0947. The molecule has 0 aliphatic rings. The highest BCUT2D eigenvalue weighted by Crippen LogP contribution is 2.04. The molecule has 0 bridgehead atoms. The molecule has 16 heavy (non-hydrogen) atoms. The Bertz CT molecular complexity index is 353. The summed E-state index contributed by atoms with van der Waals surface area (Å²) in [5.41, 5.74) is 0.00652. The van der Waals surface area contributed by atoms with Crippen molar-refractivity contribution in [2.75, 3.05) is 6.54 Å². The Morgan fingerprint density at radius 1 is 1.56 bits per heavy atom. The molecule has 88 valence electrons. The van der Waals surface area contributed by atoms with E-state index in [1.807, 2.05) is 0 Å². The van der Waals surface area contributed by atoms with Gasteiger partial charge in [0.2, 0.25) is 5.95 Å². The van der Waals surface area contributed by atoms with Crippen molar-refractivity contribution in [2.45, 2.75) is 26.7 Å². The van der Waals surface area contributed by atoms with Crippen LogP contribution in [0.5, 0.6) is 0 Å². The average Bonchev–Trinajstić information content (AvgIpc) is 2.24. The molecule has 0 fully saturated rings. The van der Waals surface area contributed by atoms with E-state index in [4.69, 9.17) is 0 Å². The van der Waals surface area contributed by atoms with Crippen LogP contribution in [-0.2, 0) is 0 Å². The number of halogens is 1. The van der Waals surface area contributed by atoms with Crippen LogP contribution in [0.2, 0.25) is 0 Å². The van der Waals surface area contributed by atoms with Gasteiger partial charge in [-0.15, -0.1) is 0 Å². The lowest BCUT2D eigenvalue weighted by Crippen LogP contribution is -2.25. The van der Waals surface area contributed by atoms with E-state index < -0.39 is 11.9 Å². The molecule has 0 saturated heterocycles. The lowest BCUT2D eigenvalue weighted by Gasteiger charge is -2.06.